The molecule has 12 rings (SSSR count). The highest BCUT2D eigenvalue weighted by Crippen LogP contribution is 2.40. The van der Waals surface area contributed by atoms with Crippen molar-refractivity contribution in [1.29, 1.82) is 0 Å². The molecule has 0 saturated carbocycles. The molecule has 524 valence electrons. The van der Waals surface area contributed by atoms with Crippen molar-refractivity contribution in [3.8, 4) is 67.9 Å². The van der Waals surface area contributed by atoms with Crippen LogP contribution in [0.3, 0.4) is 0 Å². The Bertz CT molecular complexity index is 5790. The van der Waals surface area contributed by atoms with E-state index in [1.165, 1.54) is 77.2 Å². The fourth-order valence-corrected chi connectivity index (χ4v) is 15.6. The molecule has 0 aliphatic heterocycles. The van der Waals surface area contributed by atoms with Gasteiger partial charge in [0.15, 0.2) is 51.4 Å². The van der Waals surface area contributed by atoms with E-state index < -0.39 is 87.8 Å². The number of H-pyrrole nitrogens is 2. The number of nitrogens with one attached hydrogen (secondary N) is 2. The molecule has 24 nitrogen and oxygen atoms in total. The van der Waals surface area contributed by atoms with Gasteiger partial charge in [0, 0.05) is 82.8 Å². The summed E-state index contributed by atoms with van der Waals surface area (Å²) in [7, 11) is -5.38. The monoisotopic (exact) mass is 1450 g/mol. The largest absolute Gasteiger partial charge is 0.493 e. The van der Waals surface area contributed by atoms with Crippen molar-refractivity contribution in [2.45, 2.75) is 45.2 Å². The molecular weight excluding hydrogens is 1380 g/mol. The van der Waals surface area contributed by atoms with Crippen LogP contribution in [0.25, 0.3) is 66.9 Å². The summed E-state index contributed by atoms with van der Waals surface area (Å²) in [6.07, 6.45) is 7.75. The van der Waals surface area contributed by atoms with E-state index in [0.717, 1.165) is 35.5 Å². The molecule has 0 saturated heterocycles. The zero-order chi connectivity index (χ0) is 72.0. The van der Waals surface area contributed by atoms with Gasteiger partial charge in [-0.3, -0.25) is 18.3 Å². The molecule has 29 heteroatoms. The van der Waals surface area contributed by atoms with E-state index in [2.05, 4.69) is 19.9 Å². The van der Waals surface area contributed by atoms with Crippen molar-refractivity contribution in [3.05, 3.63) is 228 Å². The second kappa shape index (κ2) is 28.2. The van der Waals surface area contributed by atoms with Gasteiger partial charge in [0.25, 0.3) is 0 Å². The Morgan fingerprint density at radius 1 is 0.505 bits per heavy atom. The summed E-state index contributed by atoms with van der Waals surface area (Å²) in [5.41, 5.74) is 5.75. The quantitative estimate of drug-likeness (QED) is 0.0509. The lowest BCUT2D eigenvalue weighted by Crippen LogP contribution is -2.31. The third-order valence-electron chi connectivity index (χ3n) is 17.3. The van der Waals surface area contributed by atoms with E-state index in [4.69, 9.17) is 45.0 Å². The van der Waals surface area contributed by atoms with Crippen LogP contribution in [-0.4, -0.2) is 132 Å². The van der Waals surface area contributed by atoms with E-state index in [-0.39, 0.29) is 69.1 Å². The molecule has 12 aromatic rings. The second-order valence-corrected chi connectivity index (χ2v) is 31.5. The van der Waals surface area contributed by atoms with Gasteiger partial charge in [-0.1, -0.05) is 84.4 Å². The minimum atomic E-state index is -3.83. The fourth-order valence-electron chi connectivity index (χ4n) is 12.6. The Morgan fingerprint density at radius 2 is 0.960 bits per heavy atom. The third kappa shape index (κ3) is 14.7. The number of aryl methyl sites for hydroxylation is 2. The molecule has 2 N–H and O–H groups in total. The van der Waals surface area contributed by atoms with Crippen LogP contribution in [0.2, 0.25) is 5.02 Å². The lowest BCUT2D eigenvalue weighted by atomic mass is 10.0. The number of fused-ring (bicyclic) bond motifs is 3. The maximum Gasteiger partial charge on any atom is 0.330 e. The number of imidazole rings is 3. The van der Waals surface area contributed by atoms with Crippen LogP contribution < -0.4 is 45.5 Å². The van der Waals surface area contributed by atoms with E-state index in [1.807, 2.05) is 37.3 Å². The summed E-state index contributed by atoms with van der Waals surface area (Å²) in [5, 5.41) is 0.284. The highest BCUT2D eigenvalue weighted by atomic mass is 35.5. The summed E-state index contributed by atoms with van der Waals surface area (Å²) in [6.45, 7) is 3.66. The highest BCUT2D eigenvalue weighted by molar-refractivity contribution is 7.91. The zero-order valence-electron chi connectivity index (χ0n) is 56.1. The number of methoxy groups -OCH3 is 3. The van der Waals surface area contributed by atoms with Crippen LogP contribution in [0.15, 0.2) is 166 Å². The number of hydrogen-bond acceptors (Lipinski definition) is 18. The maximum atomic E-state index is 16.9. The number of pyridine rings is 3. The molecule has 3 unspecified atom stereocenters. The van der Waals surface area contributed by atoms with Crippen molar-refractivity contribution < 1.29 is 58.1 Å². The number of hydrogen-bond donors (Lipinski definition) is 2. The van der Waals surface area contributed by atoms with E-state index in [1.54, 1.807) is 98.0 Å². The number of sulfone groups is 3. The van der Waals surface area contributed by atoms with Gasteiger partial charge in [-0.25, -0.2) is 59.0 Å². The molecule has 3 atom stereocenters. The number of halogens is 2. The number of rotatable bonds is 26. The predicted molar refractivity (Wildman–Crippen MR) is 384 cm³/mol. The second-order valence-electron chi connectivity index (χ2n) is 24.5. The molecule has 101 heavy (non-hydrogen) atoms. The van der Waals surface area contributed by atoms with Gasteiger partial charge in [0.1, 0.15) is 48.5 Å². The van der Waals surface area contributed by atoms with Gasteiger partial charge in [-0.2, -0.15) is 0 Å². The van der Waals surface area contributed by atoms with Crippen LogP contribution in [0, 0.1) is 12.7 Å². The fraction of sp³-hybridized carbons (Fsp3) is 0.250. The summed E-state index contributed by atoms with van der Waals surface area (Å²) in [4.78, 5) is 61.8. The molecular formula is C72H69ClFN9O15S3. The first-order chi connectivity index (χ1) is 48.1. The Kier molecular flexibility index (Phi) is 19.7. The zero-order valence-corrected chi connectivity index (χ0v) is 59.3. The van der Waals surface area contributed by atoms with E-state index in [9.17, 15) is 39.6 Å². The molecule has 6 aromatic carbocycles. The Balaban J connectivity index is 0.784. The van der Waals surface area contributed by atoms with E-state index in [0.29, 0.717) is 73.8 Å². The van der Waals surface area contributed by atoms with Gasteiger partial charge >= 0.3 is 17.1 Å². The van der Waals surface area contributed by atoms with E-state index >= 15 is 4.39 Å². The smallest absolute Gasteiger partial charge is 0.330 e. The van der Waals surface area contributed by atoms with Crippen LogP contribution in [-0.2, 0) is 49.8 Å². The average molecular weight is 1450 g/mol. The van der Waals surface area contributed by atoms with Gasteiger partial charge in [-0.05, 0) is 108 Å². The van der Waals surface area contributed by atoms with Crippen molar-refractivity contribution >= 4 is 74.6 Å². The first-order valence-electron chi connectivity index (χ1n) is 31.5. The summed E-state index contributed by atoms with van der Waals surface area (Å²) in [5.74, 6) is -0.487. The number of aromatic amines is 2. The van der Waals surface area contributed by atoms with Gasteiger partial charge in [0.2, 0.25) is 0 Å². The Labute approximate surface area is 584 Å². The van der Waals surface area contributed by atoms with Gasteiger partial charge < -0.3 is 38.4 Å². The first kappa shape index (κ1) is 70.3. The average Bonchev–Trinajstić information content (AvgIpc) is 1.61. The third-order valence-corrected chi connectivity index (χ3v) is 20.4. The van der Waals surface area contributed by atoms with Crippen LogP contribution in [0.1, 0.15) is 58.4 Å². The number of ether oxygens (including phenoxy) is 6. The van der Waals surface area contributed by atoms with Crippen molar-refractivity contribution in [2.75, 3.05) is 64.0 Å². The van der Waals surface area contributed by atoms with Gasteiger partial charge in [-0.15, -0.1) is 0 Å². The number of benzene rings is 6. The molecule has 0 aliphatic carbocycles. The number of nitrogens with zero attached hydrogens (tertiary/aromatic N) is 7. The molecule has 0 aliphatic rings. The van der Waals surface area contributed by atoms with Crippen molar-refractivity contribution in [2.24, 2.45) is 7.05 Å². The topological polar surface area (TPSA) is 299 Å². The summed E-state index contributed by atoms with van der Waals surface area (Å²) < 4.78 is 136. The normalized spacial score (nSPS) is 13.0. The standard InChI is InChI=1S/C72H69ClFN9O15S3/c1-10-96-63-30-45(21-23-60(63)93-4)59(40-101(9,91)92)83-69-56(80(3)72(83)86)29-49(35-77-69)52-17-13-15-46(66(52)74)37-98-65-32-44(20-25-62(65)95-6)58(39-100(8,89)90)82-68-55(79-71(82)85)28-48(34-76-68)51-22-18-42(26-53(51)73)36-97-64-31-43(19-24-61(64)94-5)57(38-99(7,87)88)81-67-54(78-70(81)84)27-47(33-75-67)50-16-12-11-14-41(50)2/h11-35,57-59H,10,36-40H2,1-9H3,(H,78,84)(H,79,85). The molecule has 0 spiro atoms. The predicted octanol–water partition coefficient (Wildman–Crippen LogP) is 10.4. The molecule has 0 fully saturated rings. The lowest BCUT2D eigenvalue weighted by Gasteiger charge is -2.20. The summed E-state index contributed by atoms with van der Waals surface area (Å²) in [6, 6.07) is 33.9. The van der Waals surface area contributed by atoms with Gasteiger partial charge in [0.05, 0.1) is 79.9 Å². The van der Waals surface area contributed by atoms with Crippen LogP contribution >= 0.6 is 11.6 Å². The highest BCUT2D eigenvalue weighted by Gasteiger charge is 2.31. The van der Waals surface area contributed by atoms with Crippen LogP contribution in [0.5, 0.6) is 34.5 Å². The summed E-state index contributed by atoms with van der Waals surface area (Å²) >= 11 is 7.00. The minimum Gasteiger partial charge on any atom is -0.493 e. The van der Waals surface area contributed by atoms with Crippen LogP contribution in [0.4, 0.5) is 4.39 Å². The van der Waals surface area contributed by atoms with Crippen molar-refractivity contribution in [3.63, 3.8) is 0 Å². The molecule has 6 heterocycles. The number of aromatic nitrogens is 9. The SMILES string of the molecule is CCOc1cc(C(CS(C)(=O)=O)n2c(=O)n(C)c3cc(-c4cccc(COc5cc(C(CS(C)(=O)=O)n6c(=O)[nH]c7cc(-c8ccc(COc9cc(C(CS(C)(=O)=O)n%10c(=O)[nH]c%11cc(-c%12ccccc%12C)cnc%11%10)ccc9OC)cc8Cl)cnc76)ccc5OC)c4F)cnc32)ccc1OC. The maximum absolute atomic E-state index is 16.9. The molecule has 0 amide bonds. The molecule has 0 bridgehead atoms. The molecule has 0 radical (unpaired) electrons. The minimum absolute atomic E-state index is 0.0360. The lowest BCUT2D eigenvalue weighted by molar-refractivity contribution is 0.279. The Hall–Kier alpha value is -10.6. The Morgan fingerprint density at radius 3 is 1.45 bits per heavy atom. The first-order valence-corrected chi connectivity index (χ1v) is 38.0. The van der Waals surface area contributed by atoms with Crippen molar-refractivity contribution in [1.82, 2.24) is 43.2 Å². The molecule has 6 aromatic heterocycles.